The Morgan fingerprint density at radius 3 is 1.34 bits per heavy atom. The van der Waals surface area contributed by atoms with Crippen molar-refractivity contribution in [2.24, 2.45) is 0 Å². The van der Waals surface area contributed by atoms with Crippen LogP contribution >= 0.6 is 0 Å². The van der Waals surface area contributed by atoms with Gasteiger partial charge in [-0.05, 0) is 64.7 Å². The first-order valence-corrected chi connectivity index (χ1v) is 19.8. The van der Waals surface area contributed by atoms with Gasteiger partial charge in [-0.2, -0.15) is 0 Å². The van der Waals surface area contributed by atoms with E-state index >= 15 is 0 Å². The summed E-state index contributed by atoms with van der Waals surface area (Å²) in [5.74, 6) is 0.399. The van der Waals surface area contributed by atoms with Crippen LogP contribution in [-0.4, -0.2) is 24.4 Å². The van der Waals surface area contributed by atoms with Crippen molar-refractivity contribution in [2.75, 3.05) is 6.54 Å². The van der Waals surface area contributed by atoms with Crippen molar-refractivity contribution in [1.82, 2.24) is 10.6 Å². The fourth-order valence-electron chi connectivity index (χ4n) is 5.97. The molecule has 0 aromatic heterocycles. The zero-order valence-electron chi connectivity index (χ0n) is 30.2. The van der Waals surface area contributed by atoms with Gasteiger partial charge in [-0.15, -0.1) is 0 Å². The molecule has 44 heavy (non-hydrogen) atoms. The molecule has 0 saturated heterocycles. The van der Waals surface area contributed by atoms with Crippen LogP contribution in [0.1, 0.15) is 220 Å². The molecule has 1 atom stereocenters. The number of allylic oxidation sites excluding steroid dienone is 2. The SMILES string of the molecule is CCCCCC/C=C\CCCCCCCC(=O)N[C@H](C)CCCCNC(=O)CCCCCCCCCCCCCCCCC. The van der Waals surface area contributed by atoms with Crippen LogP contribution in [0, 0.1) is 0 Å². The fourth-order valence-corrected chi connectivity index (χ4v) is 5.97. The summed E-state index contributed by atoms with van der Waals surface area (Å²) >= 11 is 0. The summed E-state index contributed by atoms with van der Waals surface area (Å²) in [6.07, 6.45) is 43.1. The van der Waals surface area contributed by atoms with Gasteiger partial charge in [0.2, 0.25) is 11.8 Å². The smallest absolute Gasteiger partial charge is 0.220 e. The molecule has 0 bridgehead atoms. The first-order chi connectivity index (χ1) is 21.6. The molecular formula is C40H78N2O2. The fraction of sp³-hybridized carbons (Fsp3) is 0.900. The lowest BCUT2D eigenvalue weighted by Crippen LogP contribution is -2.32. The Morgan fingerprint density at radius 2 is 0.864 bits per heavy atom. The molecule has 0 aliphatic heterocycles. The average molecular weight is 619 g/mol. The minimum Gasteiger partial charge on any atom is -0.356 e. The lowest BCUT2D eigenvalue weighted by atomic mass is 10.0. The van der Waals surface area contributed by atoms with Crippen molar-refractivity contribution in [3.63, 3.8) is 0 Å². The molecule has 0 aromatic carbocycles. The summed E-state index contributed by atoms with van der Waals surface area (Å²) in [5.41, 5.74) is 0. The second kappa shape index (κ2) is 36.2. The van der Waals surface area contributed by atoms with Gasteiger partial charge in [0.25, 0.3) is 0 Å². The van der Waals surface area contributed by atoms with Gasteiger partial charge < -0.3 is 10.6 Å². The van der Waals surface area contributed by atoms with Gasteiger partial charge in [-0.3, -0.25) is 9.59 Å². The van der Waals surface area contributed by atoms with Crippen LogP contribution in [0.2, 0.25) is 0 Å². The van der Waals surface area contributed by atoms with E-state index in [4.69, 9.17) is 0 Å². The van der Waals surface area contributed by atoms with E-state index in [9.17, 15) is 9.59 Å². The number of carbonyl (C=O) groups is 2. The molecule has 0 fully saturated rings. The normalized spacial score (nSPS) is 12.2. The summed E-state index contributed by atoms with van der Waals surface area (Å²) in [6, 6.07) is 0.215. The molecular weight excluding hydrogens is 540 g/mol. The topological polar surface area (TPSA) is 58.2 Å². The summed E-state index contributed by atoms with van der Waals surface area (Å²) in [4.78, 5) is 24.4. The second-order valence-electron chi connectivity index (χ2n) is 13.6. The highest BCUT2D eigenvalue weighted by Crippen LogP contribution is 2.14. The molecule has 4 nitrogen and oxygen atoms in total. The van der Waals surface area contributed by atoms with Crippen LogP contribution in [0.4, 0.5) is 0 Å². The first-order valence-electron chi connectivity index (χ1n) is 19.8. The number of nitrogens with one attached hydrogen (secondary N) is 2. The van der Waals surface area contributed by atoms with E-state index in [1.165, 1.54) is 148 Å². The van der Waals surface area contributed by atoms with Gasteiger partial charge >= 0.3 is 0 Å². The van der Waals surface area contributed by atoms with Gasteiger partial charge in [0.15, 0.2) is 0 Å². The minimum absolute atomic E-state index is 0.195. The Labute approximate surface area is 276 Å². The van der Waals surface area contributed by atoms with E-state index in [0.717, 1.165) is 45.1 Å². The third kappa shape index (κ3) is 35.2. The standard InChI is InChI=1S/C40H78N2O2/c1-4-6-8-10-12-14-16-18-19-21-22-24-26-28-30-35-39(43)41-37-33-32-34-38(3)42-40(44)36-31-29-27-25-23-20-17-15-13-11-9-7-5-2/h15,17,38H,4-14,16,18-37H2,1-3H3,(H,41,43)(H,42,44)/b17-15-/t38-/m1/s1. The second-order valence-corrected chi connectivity index (χ2v) is 13.6. The third-order valence-electron chi connectivity index (χ3n) is 8.97. The molecule has 0 aliphatic carbocycles. The molecule has 0 aromatic rings. The molecule has 4 heteroatoms. The van der Waals surface area contributed by atoms with Crippen molar-refractivity contribution in [1.29, 1.82) is 0 Å². The largest absolute Gasteiger partial charge is 0.356 e. The molecule has 260 valence electrons. The highest BCUT2D eigenvalue weighted by atomic mass is 16.2. The molecule has 2 N–H and O–H groups in total. The molecule has 0 saturated carbocycles. The number of hydrogen-bond acceptors (Lipinski definition) is 2. The summed E-state index contributed by atoms with van der Waals surface area (Å²) in [7, 11) is 0. The van der Waals surface area contributed by atoms with E-state index in [-0.39, 0.29) is 17.9 Å². The van der Waals surface area contributed by atoms with Crippen molar-refractivity contribution in [3.05, 3.63) is 12.2 Å². The molecule has 0 heterocycles. The molecule has 2 amide bonds. The Kier molecular flexibility index (Phi) is 35.1. The first kappa shape index (κ1) is 42.7. The zero-order chi connectivity index (χ0) is 32.2. The number of amides is 2. The number of carbonyl (C=O) groups excluding carboxylic acids is 2. The summed E-state index contributed by atoms with van der Waals surface area (Å²) < 4.78 is 0. The van der Waals surface area contributed by atoms with Crippen molar-refractivity contribution < 1.29 is 9.59 Å². The Bertz CT molecular complexity index is 633. The van der Waals surface area contributed by atoms with Gasteiger partial charge in [0.05, 0.1) is 0 Å². The van der Waals surface area contributed by atoms with E-state index in [1.54, 1.807) is 0 Å². The van der Waals surface area contributed by atoms with Crippen LogP contribution < -0.4 is 10.6 Å². The zero-order valence-corrected chi connectivity index (χ0v) is 30.2. The van der Waals surface area contributed by atoms with Crippen LogP contribution in [0.25, 0.3) is 0 Å². The predicted octanol–water partition coefficient (Wildman–Crippen LogP) is 12.3. The van der Waals surface area contributed by atoms with Crippen LogP contribution in [-0.2, 0) is 9.59 Å². The van der Waals surface area contributed by atoms with Crippen LogP contribution in [0.3, 0.4) is 0 Å². The maximum absolute atomic E-state index is 12.2. The van der Waals surface area contributed by atoms with E-state index in [0.29, 0.717) is 12.8 Å². The highest BCUT2D eigenvalue weighted by Gasteiger charge is 2.07. The molecule has 0 rings (SSSR count). The monoisotopic (exact) mass is 619 g/mol. The van der Waals surface area contributed by atoms with Crippen molar-refractivity contribution >= 4 is 11.8 Å². The lowest BCUT2D eigenvalue weighted by molar-refractivity contribution is -0.122. The van der Waals surface area contributed by atoms with Gasteiger partial charge in [-0.1, -0.05) is 154 Å². The van der Waals surface area contributed by atoms with Gasteiger partial charge in [0, 0.05) is 25.4 Å². The van der Waals surface area contributed by atoms with Crippen molar-refractivity contribution in [3.8, 4) is 0 Å². The van der Waals surface area contributed by atoms with E-state index in [1.807, 2.05) is 0 Å². The Hall–Kier alpha value is -1.32. The molecule has 0 unspecified atom stereocenters. The number of unbranched alkanes of at least 4 members (excludes halogenated alkanes) is 24. The molecule has 0 aliphatic rings. The average Bonchev–Trinajstić information content (AvgIpc) is 3.01. The third-order valence-corrected chi connectivity index (χ3v) is 8.97. The quantitative estimate of drug-likeness (QED) is 0.0548. The summed E-state index contributed by atoms with van der Waals surface area (Å²) in [5, 5.41) is 6.24. The Morgan fingerprint density at radius 1 is 0.477 bits per heavy atom. The molecule has 0 spiro atoms. The number of hydrogen-bond donors (Lipinski definition) is 2. The maximum atomic E-state index is 12.2. The number of rotatable bonds is 35. The van der Waals surface area contributed by atoms with Gasteiger partial charge in [-0.25, -0.2) is 0 Å². The predicted molar refractivity (Wildman–Crippen MR) is 194 cm³/mol. The van der Waals surface area contributed by atoms with Gasteiger partial charge in [0.1, 0.15) is 0 Å². The maximum Gasteiger partial charge on any atom is 0.220 e. The van der Waals surface area contributed by atoms with E-state index < -0.39 is 0 Å². The minimum atomic E-state index is 0.195. The highest BCUT2D eigenvalue weighted by molar-refractivity contribution is 5.76. The lowest BCUT2D eigenvalue weighted by Gasteiger charge is -2.14. The molecule has 0 radical (unpaired) electrons. The Balaban J connectivity index is 3.39. The summed E-state index contributed by atoms with van der Waals surface area (Å²) in [6.45, 7) is 7.40. The van der Waals surface area contributed by atoms with Crippen molar-refractivity contribution in [2.45, 2.75) is 226 Å². The van der Waals surface area contributed by atoms with Crippen LogP contribution in [0.15, 0.2) is 12.2 Å². The van der Waals surface area contributed by atoms with E-state index in [2.05, 4.69) is 43.6 Å². The van der Waals surface area contributed by atoms with Crippen LogP contribution in [0.5, 0.6) is 0 Å².